The van der Waals surface area contributed by atoms with Crippen LogP contribution >= 0.6 is 0 Å². The molecule has 4 nitrogen and oxygen atoms in total. The number of carbonyl (C=O) groups is 1. The van der Waals surface area contributed by atoms with E-state index in [1.165, 1.54) is 17.7 Å². The number of alkyl halides is 3. The number of rotatable bonds is 4. The van der Waals surface area contributed by atoms with Gasteiger partial charge in [-0.2, -0.15) is 13.2 Å². The van der Waals surface area contributed by atoms with Gasteiger partial charge in [0.2, 0.25) is 0 Å². The van der Waals surface area contributed by atoms with Crippen LogP contribution in [-0.4, -0.2) is 15.7 Å². The normalized spacial score (nSPS) is 11.7. The van der Waals surface area contributed by atoms with E-state index in [4.69, 9.17) is 0 Å². The van der Waals surface area contributed by atoms with Crippen LogP contribution in [0.15, 0.2) is 54.6 Å². The second-order valence-electron chi connectivity index (χ2n) is 6.86. The Morgan fingerprint density at radius 2 is 1.75 bits per heavy atom. The summed E-state index contributed by atoms with van der Waals surface area (Å²) >= 11 is 0. The lowest BCUT2D eigenvalue weighted by Crippen LogP contribution is -2.14. The van der Waals surface area contributed by atoms with Gasteiger partial charge in [0.15, 0.2) is 5.82 Å². The monoisotopic (exact) mass is 387 g/mol. The predicted octanol–water partition coefficient (Wildman–Crippen LogP) is 5.58. The van der Waals surface area contributed by atoms with Crippen molar-refractivity contribution in [2.24, 2.45) is 0 Å². The Morgan fingerprint density at radius 3 is 2.36 bits per heavy atom. The average molecular weight is 387 g/mol. The molecule has 1 heterocycles. The third kappa shape index (κ3) is 4.24. The summed E-state index contributed by atoms with van der Waals surface area (Å²) in [6.45, 7) is 6.05. The van der Waals surface area contributed by atoms with Crippen LogP contribution in [0.1, 0.15) is 46.9 Å². The number of aromatic nitrogens is 2. The summed E-state index contributed by atoms with van der Waals surface area (Å²) in [6.07, 6.45) is -4.50. The molecule has 1 aromatic heterocycles. The molecule has 0 radical (unpaired) electrons. The number of hydrogen-bond acceptors (Lipinski definition) is 2. The molecule has 1 amide bonds. The molecule has 0 spiro atoms. The third-order valence-corrected chi connectivity index (χ3v) is 4.39. The van der Waals surface area contributed by atoms with Crippen LogP contribution in [0.2, 0.25) is 0 Å². The van der Waals surface area contributed by atoms with Crippen LogP contribution < -0.4 is 5.32 Å². The van der Waals surface area contributed by atoms with Gasteiger partial charge in [-0.25, -0.2) is 4.68 Å². The van der Waals surface area contributed by atoms with Crippen molar-refractivity contribution < 1.29 is 18.0 Å². The molecule has 0 fully saturated rings. The molecule has 0 saturated carbocycles. The number of nitrogens with one attached hydrogen (secondary N) is 1. The van der Waals surface area contributed by atoms with E-state index in [9.17, 15) is 18.0 Å². The first-order valence-electron chi connectivity index (χ1n) is 8.81. The van der Waals surface area contributed by atoms with Crippen molar-refractivity contribution in [3.63, 3.8) is 0 Å². The van der Waals surface area contributed by atoms with Gasteiger partial charge in [-0.05, 0) is 48.7 Å². The topological polar surface area (TPSA) is 46.9 Å². The fraction of sp³-hybridized carbons (Fsp3) is 0.238. The molecule has 2 aromatic carbocycles. The largest absolute Gasteiger partial charge is 0.416 e. The quantitative estimate of drug-likeness (QED) is 0.636. The molecule has 1 N–H and O–H groups in total. The molecule has 146 valence electrons. The highest BCUT2D eigenvalue weighted by Gasteiger charge is 2.31. The van der Waals surface area contributed by atoms with Crippen molar-refractivity contribution >= 4 is 11.7 Å². The Hall–Kier alpha value is -3.09. The van der Waals surface area contributed by atoms with E-state index < -0.39 is 17.6 Å². The van der Waals surface area contributed by atoms with E-state index in [-0.39, 0.29) is 11.4 Å². The Balaban J connectivity index is 1.81. The molecule has 28 heavy (non-hydrogen) atoms. The lowest BCUT2D eigenvalue weighted by molar-refractivity contribution is -0.137. The number of carbonyl (C=O) groups excluding carboxylic acids is 1. The summed E-state index contributed by atoms with van der Waals surface area (Å²) in [5.41, 5.74) is 1.88. The molecule has 0 aliphatic rings. The Kier molecular flexibility index (Phi) is 5.27. The van der Waals surface area contributed by atoms with Gasteiger partial charge < -0.3 is 5.32 Å². The summed E-state index contributed by atoms with van der Waals surface area (Å²) in [7, 11) is 0. The molecule has 0 atom stereocenters. The highest BCUT2D eigenvalue weighted by molar-refractivity contribution is 6.03. The third-order valence-electron chi connectivity index (χ3n) is 4.39. The Morgan fingerprint density at radius 1 is 1.07 bits per heavy atom. The molecule has 3 rings (SSSR count). The maximum atomic E-state index is 12.8. The van der Waals surface area contributed by atoms with E-state index in [1.807, 2.05) is 31.2 Å². The zero-order chi connectivity index (χ0) is 20.5. The number of aryl methyl sites for hydroxylation is 1. The molecular formula is C21H20F3N3O. The van der Waals surface area contributed by atoms with Gasteiger partial charge in [0.1, 0.15) is 0 Å². The van der Waals surface area contributed by atoms with Gasteiger partial charge in [0.05, 0.1) is 11.3 Å². The minimum atomic E-state index is -4.50. The van der Waals surface area contributed by atoms with Crippen molar-refractivity contribution in [2.75, 3.05) is 5.32 Å². The minimum Gasteiger partial charge on any atom is -0.305 e. The summed E-state index contributed by atoms with van der Waals surface area (Å²) in [5.74, 6) is 0.0360. The number of benzene rings is 2. The van der Waals surface area contributed by atoms with Crippen LogP contribution in [0.3, 0.4) is 0 Å². The van der Waals surface area contributed by atoms with Crippen LogP contribution in [0.25, 0.3) is 5.69 Å². The van der Waals surface area contributed by atoms with Gasteiger partial charge in [0.25, 0.3) is 5.91 Å². The van der Waals surface area contributed by atoms with E-state index >= 15 is 0 Å². The van der Waals surface area contributed by atoms with E-state index in [0.717, 1.165) is 23.5 Å². The number of nitrogens with zero attached hydrogens (tertiary/aromatic N) is 2. The molecule has 0 saturated heterocycles. The number of halogens is 3. The first kappa shape index (κ1) is 19.7. The average Bonchev–Trinajstić information content (AvgIpc) is 3.01. The fourth-order valence-corrected chi connectivity index (χ4v) is 2.82. The highest BCUT2D eigenvalue weighted by atomic mass is 19.4. The van der Waals surface area contributed by atoms with Crippen LogP contribution in [0.5, 0.6) is 0 Å². The summed E-state index contributed by atoms with van der Waals surface area (Å²) in [4.78, 5) is 12.3. The maximum Gasteiger partial charge on any atom is 0.416 e. The number of anilines is 1. The first-order valence-corrected chi connectivity index (χ1v) is 8.81. The van der Waals surface area contributed by atoms with Gasteiger partial charge in [-0.1, -0.05) is 32.0 Å². The first-order chi connectivity index (χ1) is 13.1. The van der Waals surface area contributed by atoms with Crippen molar-refractivity contribution in [3.8, 4) is 5.69 Å². The van der Waals surface area contributed by atoms with Gasteiger partial charge in [-0.3, -0.25) is 4.79 Å². The van der Waals surface area contributed by atoms with E-state index in [2.05, 4.69) is 24.3 Å². The SMILES string of the molecule is Cc1cc(NC(=O)c2cccc(C(F)(F)F)c2)nn1-c1ccc(C(C)C)cc1. The minimum absolute atomic E-state index is 0.0803. The predicted molar refractivity (Wildman–Crippen MR) is 102 cm³/mol. The van der Waals surface area contributed by atoms with Crippen molar-refractivity contribution in [1.82, 2.24) is 9.78 Å². The van der Waals surface area contributed by atoms with Crippen LogP contribution in [0, 0.1) is 6.92 Å². The molecule has 7 heteroatoms. The standard InChI is InChI=1S/C21H20F3N3O/c1-13(2)15-7-9-18(10-8-15)27-14(3)11-19(26-27)25-20(28)16-5-4-6-17(12-16)21(22,23)24/h4-13H,1-3H3,(H,25,26,28). The number of hydrogen-bond donors (Lipinski definition) is 1. The number of amides is 1. The lowest BCUT2D eigenvalue weighted by atomic mass is 10.0. The van der Waals surface area contributed by atoms with E-state index in [1.54, 1.807) is 10.7 Å². The molecule has 0 unspecified atom stereocenters. The van der Waals surface area contributed by atoms with E-state index in [0.29, 0.717) is 5.92 Å². The van der Waals surface area contributed by atoms with Gasteiger partial charge in [-0.15, -0.1) is 5.10 Å². The van der Waals surface area contributed by atoms with Crippen LogP contribution in [-0.2, 0) is 6.18 Å². The zero-order valence-electron chi connectivity index (χ0n) is 15.7. The van der Waals surface area contributed by atoms with Gasteiger partial charge >= 0.3 is 6.18 Å². The Labute approximate surface area is 161 Å². The van der Waals surface area contributed by atoms with Crippen molar-refractivity contribution in [3.05, 3.63) is 77.0 Å². The zero-order valence-corrected chi connectivity index (χ0v) is 15.7. The smallest absolute Gasteiger partial charge is 0.305 e. The molecular weight excluding hydrogens is 367 g/mol. The fourth-order valence-electron chi connectivity index (χ4n) is 2.82. The second kappa shape index (κ2) is 7.50. The Bertz CT molecular complexity index is 989. The van der Waals surface area contributed by atoms with Crippen molar-refractivity contribution in [1.29, 1.82) is 0 Å². The molecule has 0 aliphatic carbocycles. The molecule has 3 aromatic rings. The summed E-state index contributed by atoms with van der Waals surface area (Å²) in [5, 5.41) is 6.91. The van der Waals surface area contributed by atoms with Gasteiger partial charge in [0, 0.05) is 17.3 Å². The summed E-state index contributed by atoms with van der Waals surface area (Å²) < 4.78 is 40.2. The lowest BCUT2D eigenvalue weighted by Gasteiger charge is -2.09. The summed E-state index contributed by atoms with van der Waals surface area (Å²) in [6, 6.07) is 13.9. The van der Waals surface area contributed by atoms with Crippen LogP contribution in [0.4, 0.5) is 19.0 Å². The highest BCUT2D eigenvalue weighted by Crippen LogP contribution is 2.29. The molecule has 0 bridgehead atoms. The second-order valence-corrected chi connectivity index (χ2v) is 6.86. The van der Waals surface area contributed by atoms with Crippen molar-refractivity contribution in [2.45, 2.75) is 32.9 Å². The molecule has 0 aliphatic heterocycles. The maximum absolute atomic E-state index is 12.8.